The Labute approximate surface area is 107 Å². The van der Waals surface area contributed by atoms with Gasteiger partial charge in [0.1, 0.15) is 0 Å². The van der Waals surface area contributed by atoms with Crippen LogP contribution >= 0.6 is 0 Å². The first kappa shape index (κ1) is 11.1. The second-order valence-electron chi connectivity index (χ2n) is 5.00. The molecule has 0 bridgehead atoms. The molecule has 1 nitrogen and oxygen atoms in total. The molecule has 2 aromatic carbocycles. The molecule has 0 aliphatic rings. The van der Waals surface area contributed by atoms with Crippen LogP contribution in [0.1, 0.15) is 22.4 Å². The second kappa shape index (κ2) is 4.34. The summed E-state index contributed by atoms with van der Waals surface area (Å²) in [4.78, 5) is 3.53. The molecule has 0 atom stereocenters. The van der Waals surface area contributed by atoms with Crippen molar-refractivity contribution < 1.29 is 0 Å². The number of H-pyrrole nitrogens is 1. The fraction of sp³-hybridized carbons (Fsp3) is 0.176. The fourth-order valence-electron chi connectivity index (χ4n) is 2.57. The number of nitrogens with one attached hydrogen (secondary N) is 1. The van der Waals surface area contributed by atoms with Crippen molar-refractivity contribution in [2.45, 2.75) is 20.3 Å². The van der Waals surface area contributed by atoms with E-state index < -0.39 is 0 Å². The molecule has 1 aromatic heterocycles. The van der Waals surface area contributed by atoms with E-state index in [1.165, 1.54) is 33.3 Å². The summed E-state index contributed by atoms with van der Waals surface area (Å²) in [6, 6.07) is 17.3. The van der Waals surface area contributed by atoms with Crippen LogP contribution in [-0.2, 0) is 6.42 Å². The summed E-state index contributed by atoms with van der Waals surface area (Å²) in [6.07, 6.45) is 0.966. The number of aryl methyl sites for hydroxylation is 2. The van der Waals surface area contributed by atoms with E-state index in [0.717, 1.165) is 6.42 Å². The van der Waals surface area contributed by atoms with Crippen molar-refractivity contribution in [3.05, 3.63) is 70.9 Å². The Morgan fingerprint density at radius 3 is 2.50 bits per heavy atom. The number of hydrogen-bond donors (Lipinski definition) is 1. The van der Waals surface area contributed by atoms with Gasteiger partial charge < -0.3 is 4.98 Å². The summed E-state index contributed by atoms with van der Waals surface area (Å²) in [5.41, 5.74) is 6.54. The monoisotopic (exact) mass is 235 g/mol. The molecule has 0 amide bonds. The van der Waals surface area contributed by atoms with Crippen LogP contribution in [0.5, 0.6) is 0 Å². The third-order valence-corrected chi connectivity index (χ3v) is 3.38. The molecule has 1 heteroatoms. The van der Waals surface area contributed by atoms with Crippen LogP contribution in [0.25, 0.3) is 10.9 Å². The zero-order valence-corrected chi connectivity index (χ0v) is 10.8. The molecule has 3 aromatic rings. The number of rotatable bonds is 2. The average molecular weight is 235 g/mol. The lowest BCUT2D eigenvalue weighted by Gasteiger charge is -1.97. The van der Waals surface area contributed by atoms with Gasteiger partial charge in [-0.15, -0.1) is 0 Å². The quantitative estimate of drug-likeness (QED) is 0.678. The largest absolute Gasteiger partial charge is 0.358 e. The van der Waals surface area contributed by atoms with Gasteiger partial charge in [0.15, 0.2) is 0 Å². The lowest BCUT2D eigenvalue weighted by atomic mass is 10.1. The number of hydrogen-bond acceptors (Lipinski definition) is 0. The van der Waals surface area contributed by atoms with Gasteiger partial charge in [-0.25, -0.2) is 0 Å². The van der Waals surface area contributed by atoms with Crippen LogP contribution in [0.15, 0.2) is 48.5 Å². The Hall–Kier alpha value is -2.02. The number of aromatic nitrogens is 1. The zero-order valence-electron chi connectivity index (χ0n) is 10.8. The first-order chi connectivity index (χ1) is 8.72. The van der Waals surface area contributed by atoms with Crippen molar-refractivity contribution in [3.63, 3.8) is 0 Å². The third kappa shape index (κ3) is 2.04. The molecule has 1 N–H and O–H groups in total. The summed E-state index contributed by atoms with van der Waals surface area (Å²) >= 11 is 0. The fourth-order valence-corrected chi connectivity index (χ4v) is 2.57. The van der Waals surface area contributed by atoms with Crippen LogP contribution in [0.2, 0.25) is 0 Å². The van der Waals surface area contributed by atoms with Crippen molar-refractivity contribution in [1.82, 2.24) is 4.98 Å². The minimum absolute atomic E-state index is 0.966. The highest BCUT2D eigenvalue weighted by Gasteiger charge is 2.04. The maximum Gasteiger partial charge on any atom is 0.0461 e. The highest BCUT2D eigenvalue weighted by atomic mass is 14.7. The van der Waals surface area contributed by atoms with E-state index in [0.29, 0.717) is 0 Å². The molecular weight excluding hydrogens is 218 g/mol. The lowest BCUT2D eigenvalue weighted by molar-refractivity contribution is 1.12. The van der Waals surface area contributed by atoms with Gasteiger partial charge in [-0.05, 0) is 42.7 Å². The van der Waals surface area contributed by atoms with Crippen molar-refractivity contribution in [2.24, 2.45) is 0 Å². The molecule has 18 heavy (non-hydrogen) atoms. The van der Waals surface area contributed by atoms with Crippen LogP contribution in [-0.4, -0.2) is 4.98 Å². The van der Waals surface area contributed by atoms with E-state index in [2.05, 4.69) is 67.4 Å². The van der Waals surface area contributed by atoms with Crippen LogP contribution in [0, 0.1) is 13.8 Å². The molecule has 0 saturated heterocycles. The predicted octanol–water partition coefficient (Wildman–Crippen LogP) is 4.38. The average Bonchev–Trinajstić information content (AvgIpc) is 2.73. The summed E-state index contributed by atoms with van der Waals surface area (Å²) < 4.78 is 0. The lowest BCUT2D eigenvalue weighted by Crippen LogP contribution is -1.86. The molecular formula is C17H17N. The highest BCUT2D eigenvalue weighted by molar-refractivity contribution is 5.84. The Morgan fingerprint density at radius 2 is 1.72 bits per heavy atom. The Morgan fingerprint density at radius 1 is 0.944 bits per heavy atom. The predicted molar refractivity (Wildman–Crippen MR) is 77.0 cm³/mol. The summed E-state index contributed by atoms with van der Waals surface area (Å²) in [6.45, 7) is 4.32. The van der Waals surface area contributed by atoms with Crippen LogP contribution in [0.4, 0.5) is 0 Å². The second-order valence-corrected chi connectivity index (χ2v) is 5.00. The van der Waals surface area contributed by atoms with Crippen LogP contribution < -0.4 is 0 Å². The van der Waals surface area contributed by atoms with Crippen molar-refractivity contribution in [1.29, 1.82) is 0 Å². The summed E-state index contributed by atoms with van der Waals surface area (Å²) in [7, 11) is 0. The first-order valence-electron chi connectivity index (χ1n) is 6.35. The van der Waals surface area contributed by atoms with Crippen molar-refractivity contribution >= 4 is 10.9 Å². The SMILES string of the molecule is Cc1cc(C)c2cc(Cc3ccccc3)[nH]c2c1. The van der Waals surface area contributed by atoms with Gasteiger partial charge in [-0.3, -0.25) is 0 Å². The Balaban J connectivity index is 2.01. The van der Waals surface area contributed by atoms with Gasteiger partial charge in [0.05, 0.1) is 0 Å². The van der Waals surface area contributed by atoms with E-state index >= 15 is 0 Å². The number of aromatic amines is 1. The van der Waals surface area contributed by atoms with E-state index in [1.807, 2.05) is 0 Å². The van der Waals surface area contributed by atoms with Gasteiger partial charge in [0.2, 0.25) is 0 Å². The summed E-state index contributed by atoms with van der Waals surface area (Å²) in [5.74, 6) is 0. The molecule has 0 saturated carbocycles. The van der Waals surface area contributed by atoms with E-state index in [9.17, 15) is 0 Å². The van der Waals surface area contributed by atoms with E-state index in [-0.39, 0.29) is 0 Å². The third-order valence-electron chi connectivity index (χ3n) is 3.38. The molecule has 3 rings (SSSR count). The molecule has 0 fully saturated rings. The minimum atomic E-state index is 0.966. The Kier molecular flexibility index (Phi) is 2.67. The van der Waals surface area contributed by atoms with Gasteiger partial charge >= 0.3 is 0 Å². The smallest absolute Gasteiger partial charge is 0.0461 e. The topological polar surface area (TPSA) is 15.8 Å². The molecule has 0 spiro atoms. The van der Waals surface area contributed by atoms with Crippen molar-refractivity contribution in [3.8, 4) is 0 Å². The Bertz CT molecular complexity index is 677. The molecule has 0 aliphatic carbocycles. The maximum absolute atomic E-state index is 3.53. The standard InChI is InChI=1S/C17H17N/c1-12-8-13(2)16-11-15(18-17(16)9-12)10-14-6-4-3-5-7-14/h3-9,11,18H,10H2,1-2H3. The molecule has 0 unspecified atom stereocenters. The van der Waals surface area contributed by atoms with Gasteiger partial charge in [-0.2, -0.15) is 0 Å². The highest BCUT2D eigenvalue weighted by Crippen LogP contribution is 2.22. The molecule has 90 valence electrons. The van der Waals surface area contributed by atoms with E-state index in [4.69, 9.17) is 0 Å². The normalized spacial score (nSPS) is 11.0. The van der Waals surface area contributed by atoms with Crippen molar-refractivity contribution in [2.75, 3.05) is 0 Å². The number of fused-ring (bicyclic) bond motifs is 1. The number of benzene rings is 2. The van der Waals surface area contributed by atoms with Crippen LogP contribution in [0.3, 0.4) is 0 Å². The first-order valence-corrected chi connectivity index (χ1v) is 6.35. The molecule has 1 heterocycles. The minimum Gasteiger partial charge on any atom is -0.358 e. The molecule has 0 radical (unpaired) electrons. The zero-order chi connectivity index (χ0) is 12.5. The maximum atomic E-state index is 3.53. The van der Waals surface area contributed by atoms with Gasteiger partial charge in [-0.1, -0.05) is 36.4 Å². The molecule has 0 aliphatic heterocycles. The van der Waals surface area contributed by atoms with Gasteiger partial charge in [0, 0.05) is 23.0 Å². The van der Waals surface area contributed by atoms with Gasteiger partial charge in [0.25, 0.3) is 0 Å². The van der Waals surface area contributed by atoms with E-state index in [1.54, 1.807) is 0 Å². The summed E-state index contributed by atoms with van der Waals surface area (Å²) in [5, 5.41) is 1.34.